The molecule has 0 atom stereocenters. The van der Waals surface area contributed by atoms with Gasteiger partial charge in [0.25, 0.3) is 0 Å². The first-order valence-electron chi connectivity index (χ1n) is 9.82. The van der Waals surface area contributed by atoms with E-state index in [1.807, 2.05) is 0 Å². The molecule has 0 bridgehead atoms. The maximum absolute atomic E-state index is 3.53. The van der Waals surface area contributed by atoms with Gasteiger partial charge in [-0.05, 0) is 37.8 Å². The molecule has 3 heteroatoms. The van der Waals surface area contributed by atoms with E-state index in [4.69, 9.17) is 0 Å². The van der Waals surface area contributed by atoms with E-state index in [1.165, 1.54) is 36.5 Å². The number of rotatable bonds is 3. The summed E-state index contributed by atoms with van der Waals surface area (Å²) in [4.78, 5) is 5.16. The minimum absolute atomic E-state index is 0.753. The molecule has 2 rings (SSSR count). The van der Waals surface area contributed by atoms with Crippen molar-refractivity contribution in [1.29, 1.82) is 0 Å². The summed E-state index contributed by atoms with van der Waals surface area (Å²) in [6, 6.07) is 0. The lowest BCUT2D eigenvalue weighted by molar-refractivity contribution is 0.148. The lowest BCUT2D eigenvalue weighted by atomic mass is 10.0. The molecule has 0 aromatic carbocycles. The van der Waals surface area contributed by atoms with Gasteiger partial charge < -0.3 is 4.90 Å². The zero-order valence-corrected chi connectivity index (χ0v) is 18.2. The molecule has 0 spiro atoms. The van der Waals surface area contributed by atoms with Crippen LogP contribution in [0.15, 0.2) is 35.1 Å². The molecular weight excluding hydrogens is 320 g/mol. The minimum Gasteiger partial charge on any atom is -0.369 e. The van der Waals surface area contributed by atoms with Crippen LogP contribution in [0.25, 0.3) is 0 Å². The van der Waals surface area contributed by atoms with Crippen molar-refractivity contribution in [1.82, 2.24) is 9.80 Å². The molecule has 1 aliphatic carbocycles. The number of allylic oxidation sites excluding steroid dienone is 5. The predicted octanol–water partition coefficient (Wildman–Crippen LogP) is 4.69. The summed E-state index contributed by atoms with van der Waals surface area (Å²) in [5, 5.41) is 0. The number of piperazine rings is 1. The Morgan fingerprint density at radius 2 is 1.76 bits per heavy atom. The van der Waals surface area contributed by atoms with Crippen LogP contribution in [-0.4, -0.2) is 50.6 Å². The van der Waals surface area contributed by atoms with Crippen LogP contribution in [0.3, 0.4) is 0 Å². The SMILES string of the molecule is CC1=CC(C#C[Si](C)(C)C)=CC(N2CCN(CC(C)C)CC2)=CCC1. The summed E-state index contributed by atoms with van der Waals surface area (Å²) in [5.74, 6) is 4.24. The highest BCUT2D eigenvalue weighted by Gasteiger charge is 2.19. The Labute approximate surface area is 156 Å². The summed E-state index contributed by atoms with van der Waals surface area (Å²) in [6.07, 6.45) is 9.33. The van der Waals surface area contributed by atoms with Crippen LogP contribution in [0.1, 0.15) is 33.6 Å². The van der Waals surface area contributed by atoms with Gasteiger partial charge in [-0.3, -0.25) is 4.90 Å². The second-order valence-electron chi connectivity index (χ2n) is 8.94. The van der Waals surface area contributed by atoms with Crippen molar-refractivity contribution in [3.05, 3.63) is 35.1 Å². The van der Waals surface area contributed by atoms with E-state index < -0.39 is 8.07 Å². The Kier molecular flexibility index (Phi) is 7.16. The minimum atomic E-state index is -1.35. The molecule has 2 nitrogen and oxygen atoms in total. The lowest BCUT2D eigenvalue weighted by Gasteiger charge is -2.37. The van der Waals surface area contributed by atoms with Crippen molar-refractivity contribution in [3.63, 3.8) is 0 Å². The smallest absolute Gasteiger partial charge is 0.129 e. The standard InChI is InChI=1S/C22H36N2Si/c1-19(2)18-23-11-13-24(14-12-23)22-9-7-8-20(3)16-21(17-22)10-15-25(4,5)6/h9,16-17,19H,7-8,11-14,18H2,1-6H3. The first-order chi connectivity index (χ1) is 11.7. The van der Waals surface area contributed by atoms with Gasteiger partial charge in [-0.15, -0.1) is 5.54 Å². The van der Waals surface area contributed by atoms with Crippen molar-refractivity contribution < 1.29 is 0 Å². The quantitative estimate of drug-likeness (QED) is 0.534. The molecule has 1 saturated heterocycles. The lowest BCUT2D eigenvalue weighted by Crippen LogP contribution is -2.46. The largest absolute Gasteiger partial charge is 0.369 e. The van der Waals surface area contributed by atoms with Crippen molar-refractivity contribution in [2.45, 2.75) is 53.3 Å². The molecule has 2 aliphatic rings. The second-order valence-corrected chi connectivity index (χ2v) is 13.7. The first-order valence-corrected chi connectivity index (χ1v) is 13.3. The van der Waals surface area contributed by atoms with E-state index in [0.717, 1.165) is 31.8 Å². The zero-order valence-electron chi connectivity index (χ0n) is 17.2. The third-order valence-corrected chi connectivity index (χ3v) is 5.42. The molecule has 1 fully saturated rings. The zero-order chi connectivity index (χ0) is 18.4. The summed E-state index contributed by atoms with van der Waals surface area (Å²) in [5.41, 5.74) is 7.55. The number of hydrogen-bond donors (Lipinski definition) is 0. The molecule has 1 heterocycles. The Balaban J connectivity index is 2.13. The van der Waals surface area contributed by atoms with E-state index in [2.05, 4.69) is 79.9 Å². The number of hydrogen-bond acceptors (Lipinski definition) is 2. The van der Waals surface area contributed by atoms with Crippen LogP contribution < -0.4 is 0 Å². The monoisotopic (exact) mass is 356 g/mol. The van der Waals surface area contributed by atoms with E-state index >= 15 is 0 Å². The molecule has 0 aromatic heterocycles. The van der Waals surface area contributed by atoms with Crippen LogP contribution in [0.2, 0.25) is 19.6 Å². The molecular formula is C22H36N2Si. The maximum atomic E-state index is 3.53. The van der Waals surface area contributed by atoms with Gasteiger partial charge in [0.2, 0.25) is 0 Å². The normalized spacial score (nSPS) is 20.1. The highest BCUT2D eigenvalue weighted by Crippen LogP contribution is 2.20. The van der Waals surface area contributed by atoms with Crippen LogP contribution >= 0.6 is 0 Å². The van der Waals surface area contributed by atoms with Gasteiger partial charge in [0.05, 0.1) is 0 Å². The maximum Gasteiger partial charge on any atom is 0.129 e. The third kappa shape index (κ3) is 7.26. The van der Waals surface area contributed by atoms with Gasteiger partial charge in [-0.1, -0.05) is 51.1 Å². The number of nitrogens with zero attached hydrogens (tertiary/aromatic N) is 2. The Bertz CT molecular complexity index is 600. The van der Waals surface area contributed by atoms with E-state index in [9.17, 15) is 0 Å². The fourth-order valence-corrected chi connectivity index (χ4v) is 3.82. The van der Waals surface area contributed by atoms with Crippen molar-refractivity contribution in [2.24, 2.45) is 5.92 Å². The molecule has 1 aliphatic heterocycles. The van der Waals surface area contributed by atoms with Gasteiger partial charge in [-0.25, -0.2) is 0 Å². The van der Waals surface area contributed by atoms with Crippen LogP contribution in [0.5, 0.6) is 0 Å². The Morgan fingerprint density at radius 1 is 1.08 bits per heavy atom. The molecule has 0 unspecified atom stereocenters. The van der Waals surface area contributed by atoms with Crippen molar-refractivity contribution >= 4 is 8.07 Å². The highest BCUT2D eigenvalue weighted by molar-refractivity contribution is 6.83. The van der Waals surface area contributed by atoms with Crippen molar-refractivity contribution in [2.75, 3.05) is 32.7 Å². The van der Waals surface area contributed by atoms with Gasteiger partial charge in [0.1, 0.15) is 8.07 Å². The van der Waals surface area contributed by atoms with Gasteiger partial charge >= 0.3 is 0 Å². The molecule has 0 saturated carbocycles. The molecule has 0 amide bonds. The van der Waals surface area contributed by atoms with E-state index in [1.54, 1.807) is 0 Å². The Hall–Kier alpha value is -1.24. The molecule has 0 N–H and O–H groups in total. The fourth-order valence-electron chi connectivity index (χ4n) is 3.30. The van der Waals surface area contributed by atoms with E-state index in [0.29, 0.717) is 0 Å². The average molecular weight is 357 g/mol. The first kappa shape index (κ1) is 20.1. The van der Waals surface area contributed by atoms with Crippen LogP contribution in [0, 0.1) is 17.4 Å². The van der Waals surface area contributed by atoms with Crippen LogP contribution in [0.4, 0.5) is 0 Å². The fraction of sp³-hybridized carbons (Fsp3) is 0.636. The van der Waals surface area contributed by atoms with Gasteiger partial charge in [-0.2, -0.15) is 0 Å². The Morgan fingerprint density at radius 3 is 2.36 bits per heavy atom. The summed E-state index contributed by atoms with van der Waals surface area (Å²) in [7, 11) is -1.35. The highest BCUT2D eigenvalue weighted by atomic mass is 28.3. The third-order valence-electron chi connectivity index (χ3n) is 4.54. The molecule has 0 radical (unpaired) electrons. The predicted molar refractivity (Wildman–Crippen MR) is 113 cm³/mol. The van der Waals surface area contributed by atoms with E-state index in [-0.39, 0.29) is 0 Å². The molecule has 138 valence electrons. The second kappa shape index (κ2) is 8.92. The summed E-state index contributed by atoms with van der Waals surface area (Å²) >= 11 is 0. The topological polar surface area (TPSA) is 6.48 Å². The van der Waals surface area contributed by atoms with Gasteiger partial charge in [0.15, 0.2) is 0 Å². The molecule has 0 aromatic rings. The average Bonchev–Trinajstić information content (AvgIpc) is 2.48. The summed E-state index contributed by atoms with van der Waals surface area (Å²) in [6.45, 7) is 19.6. The van der Waals surface area contributed by atoms with Crippen LogP contribution in [-0.2, 0) is 0 Å². The van der Waals surface area contributed by atoms with Crippen molar-refractivity contribution in [3.8, 4) is 11.5 Å². The van der Waals surface area contributed by atoms with Gasteiger partial charge in [0, 0.05) is 44.0 Å². The summed E-state index contributed by atoms with van der Waals surface area (Å²) < 4.78 is 0. The molecule has 25 heavy (non-hydrogen) atoms.